The first-order valence-electron chi connectivity index (χ1n) is 10.8. The van der Waals surface area contributed by atoms with Crippen LogP contribution in [0.25, 0.3) is 10.9 Å². The van der Waals surface area contributed by atoms with Crippen molar-refractivity contribution in [3.63, 3.8) is 0 Å². The number of tetrazole rings is 1. The number of hydrogen-bond donors (Lipinski definition) is 1. The molecule has 0 unspecified atom stereocenters. The molecular weight excluding hydrogens is 424 g/mol. The normalized spacial score (nSPS) is 15.2. The Kier molecular flexibility index (Phi) is 4.72. The highest BCUT2D eigenvalue weighted by Gasteiger charge is 2.34. The van der Waals surface area contributed by atoms with Crippen molar-refractivity contribution in [3.05, 3.63) is 69.8 Å². The predicted octanol–water partition coefficient (Wildman–Crippen LogP) is 2.04. The monoisotopic (exact) mass is 446 g/mol. The van der Waals surface area contributed by atoms with Gasteiger partial charge in [0.25, 0.3) is 5.56 Å². The van der Waals surface area contributed by atoms with Gasteiger partial charge in [0, 0.05) is 36.4 Å². The van der Waals surface area contributed by atoms with Gasteiger partial charge in [-0.3, -0.25) is 4.79 Å². The SMILES string of the molecule is COCCn1nnnc1[C@H](c1cc2cc3c(cc2[nH]c1=O)OCO3)N1CCc2ccccc21. The summed E-state index contributed by atoms with van der Waals surface area (Å²) in [4.78, 5) is 18.6. The largest absolute Gasteiger partial charge is 0.454 e. The predicted molar refractivity (Wildman–Crippen MR) is 120 cm³/mol. The highest BCUT2D eigenvalue weighted by molar-refractivity contribution is 5.83. The first-order valence-corrected chi connectivity index (χ1v) is 10.8. The fourth-order valence-electron chi connectivity index (χ4n) is 4.64. The quantitative estimate of drug-likeness (QED) is 0.480. The topological polar surface area (TPSA) is 107 Å². The van der Waals surface area contributed by atoms with Crippen LogP contribution in [0.15, 0.2) is 47.3 Å². The van der Waals surface area contributed by atoms with Crippen molar-refractivity contribution in [2.45, 2.75) is 19.0 Å². The van der Waals surface area contributed by atoms with Gasteiger partial charge in [0.1, 0.15) is 6.04 Å². The number of pyridine rings is 1. The summed E-state index contributed by atoms with van der Waals surface area (Å²) in [6, 6.07) is 13.3. The van der Waals surface area contributed by atoms with E-state index in [1.165, 1.54) is 5.56 Å². The van der Waals surface area contributed by atoms with Gasteiger partial charge in [0.05, 0.1) is 18.7 Å². The lowest BCUT2D eigenvalue weighted by molar-refractivity contribution is 0.174. The summed E-state index contributed by atoms with van der Waals surface area (Å²) in [5, 5.41) is 13.3. The van der Waals surface area contributed by atoms with Gasteiger partial charge >= 0.3 is 0 Å². The lowest BCUT2D eigenvalue weighted by Crippen LogP contribution is -2.34. The van der Waals surface area contributed by atoms with E-state index in [2.05, 4.69) is 37.5 Å². The van der Waals surface area contributed by atoms with E-state index < -0.39 is 6.04 Å². The number of rotatable bonds is 6. The standard InChI is InChI=1S/C23H22N6O4/c1-31-9-8-29-22(25-26-27-29)21(28-7-6-14-4-2-3-5-18(14)28)16-10-15-11-19-20(33-13-32-19)12-17(15)24-23(16)30/h2-5,10-12,21H,6-9,13H2,1H3,(H,24,30)/t21-/m0/s1. The third kappa shape index (κ3) is 3.30. The maximum Gasteiger partial charge on any atom is 0.254 e. The second-order valence-corrected chi connectivity index (χ2v) is 8.07. The number of hydrogen-bond acceptors (Lipinski definition) is 8. The minimum absolute atomic E-state index is 0.171. The minimum Gasteiger partial charge on any atom is -0.454 e. The zero-order chi connectivity index (χ0) is 22.4. The van der Waals surface area contributed by atoms with Crippen molar-refractivity contribution in [3.8, 4) is 11.5 Å². The maximum absolute atomic E-state index is 13.4. The van der Waals surface area contributed by atoms with Gasteiger partial charge in [0.2, 0.25) is 6.79 Å². The van der Waals surface area contributed by atoms with Gasteiger partial charge < -0.3 is 24.1 Å². The first kappa shape index (κ1) is 19.7. The molecule has 2 aromatic carbocycles. The molecule has 33 heavy (non-hydrogen) atoms. The van der Waals surface area contributed by atoms with Crippen LogP contribution in [0.3, 0.4) is 0 Å². The third-order valence-electron chi connectivity index (χ3n) is 6.21. The summed E-state index contributed by atoms with van der Waals surface area (Å²) >= 11 is 0. The Labute approximate surface area is 188 Å². The van der Waals surface area contributed by atoms with Crippen LogP contribution in [-0.2, 0) is 17.7 Å². The van der Waals surface area contributed by atoms with Crippen LogP contribution in [0.2, 0.25) is 0 Å². The first-order chi connectivity index (χ1) is 16.2. The fraction of sp³-hybridized carbons (Fsp3) is 0.304. The van der Waals surface area contributed by atoms with Crippen molar-refractivity contribution >= 4 is 16.6 Å². The molecule has 0 spiro atoms. The number of para-hydroxylation sites is 1. The number of benzene rings is 2. The summed E-state index contributed by atoms with van der Waals surface area (Å²) in [6.07, 6.45) is 0.885. The van der Waals surface area contributed by atoms with Gasteiger partial charge in [-0.15, -0.1) is 5.10 Å². The van der Waals surface area contributed by atoms with E-state index in [0.717, 1.165) is 24.0 Å². The molecule has 0 radical (unpaired) electrons. The molecule has 0 bridgehead atoms. The average molecular weight is 446 g/mol. The van der Waals surface area contributed by atoms with E-state index in [4.69, 9.17) is 14.2 Å². The second-order valence-electron chi connectivity index (χ2n) is 8.07. The molecular formula is C23H22N6O4. The Hall–Kier alpha value is -3.92. The number of anilines is 1. The Bertz CT molecular complexity index is 1400. The molecule has 6 rings (SSSR count). The molecule has 0 aliphatic carbocycles. The van der Waals surface area contributed by atoms with Crippen molar-refractivity contribution in [2.75, 3.05) is 32.0 Å². The van der Waals surface area contributed by atoms with E-state index in [1.807, 2.05) is 24.3 Å². The van der Waals surface area contributed by atoms with Crippen molar-refractivity contribution in [1.82, 2.24) is 25.2 Å². The molecule has 1 N–H and O–H groups in total. The summed E-state index contributed by atoms with van der Waals surface area (Å²) in [6.45, 7) is 1.86. The molecule has 10 nitrogen and oxygen atoms in total. The van der Waals surface area contributed by atoms with E-state index in [0.29, 0.717) is 41.6 Å². The van der Waals surface area contributed by atoms with Crippen molar-refractivity contribution in [1.29, 1.82) is 0 Å². The molecule has 0 saturated heterocycles. The highest BCUT2D eigenvalue weighted by Crippen LogP contribution is 2.39. The number of fused-ring (bicyclic) bond motifs is 3. The van der Waals surface area contributed by atoms with Crippen LogP contribution in [0.1, 0.15) is 23.0 Å². The van der Waals surface area contributed by atoms with Crippen LogP contribution in [0, 0.1) is 0 Å². The van der Waals surface area contributed by atoms with E-state index >= 15 is 0 Å². The number of H-pyrrole nitrogens is 1. The summed E-state index contributed by atoms with van der Waals surface area (Å²) in [5.74, 6) is 1.88. The number of aromatic nitrogens is 5. The van der Waals surface area contributed by atoms with Crippen molar-refractivity contribution < 1.29 is 14.2 Å². The van der Waals surface area contributed by atoms with Crippen LogP contribution < -0.4 is 19.9 Å². The third-order valence-corrected chi connectivity index (χ3v) is 6.21. The number of ether oxygens (including phenoxy) is 3. The van der Waals surface area contributed by atoms with Crippen LogP contribution in [0.4, 0.5) is 5.69 Å². The molecule has 0 saturated carbocycles. The Morgan fingerprint density at radius 2 is 2.03 bits per heavy atom. The molecule has 2 aromatic heterocycles. The van der Waals surface area contributed by atoms with Crippen molar-refractivity contribution in [2.24, 2.45) is 0 Å². The van der Waals surface area contributed by atoms with E-state index in [-0.39, 0.29) is 12.4 Å². The maximum atomic E-state index is 13.4. The molecule has 2 aliphatic rings. The van der Waals surface area contributed by atoms with Gasteiger partial charge in [-0.25, -0.2) is 4.68 Å². The molecule has 0 fully saturated rings. The lowest BCUT2D eigenvalue weighted by atomic mass is 10.0. The van der Waals surface area contributed by atoms with E-state index in [9.17, 15) is 4.79 Å². The number of methoxy groups -OCH3 is 1. The summed E-state index contributed by atoms with van der Waals surface area (Å²) in [5.41, 5.74) is 3.36. The Morgan fingerprint density at radius 1 is 1.18 bits per heavy atom. The van der Waals surface area contributed by atoms with E-state index in [1.54, 1.807) is 17.9 Å². The molecule has 0 amide bonds. The van der Waals surface area contributed by atoms with Gasteiger partial charge in [-0.2, -0.15) is 0 Å². The minimum atomic E-state index is -0.473. The summed E-state index contributed by atoms with van der Waals surface area (Å²) in [7, 11) is 1.64. The molecule has 168 valence electrons. The van der Waals surface area contributed by atoms with Gasteiger partial charge in [-0.1, -0.05) is 18.2 Å². The zero-order valence-electron chi connectivity index (χ0n) is 18.0. The molecule has 1 atom stereocenters. The molecule has 4 heterocycles. The highest BCUT2D eigenvalue weighted by atomic mass is 16.7. The number of nitrogens with zero attached hydrogens (tertiary/aromatic N) is 5. The summed E-state index contributed by atoms with van der Waals surface area (Å²) < 4.78 is 18.0. The van der Waals surface area contributed by atoms with Crippen LogP contribution in [0.5, 0.6) is 11.5 Å². The Balaban J connectivity index is 1.53. The second kappa shape index (κ2) is 7.89. The van der Waals surface area contributed by atoms with Gasteiger partial charge in [0.15, 0.2) is 17.3 Å². The molecule has 2 aliphatic heterocycles. The molecule has 10 heteroatoms. The van der Waals surface area contributed by atoms with Crippen LogP contribution in [-0.4, -0.2) is 52.2 Å². The van der Waals surface area contributed by atoms with Crippen LogP contribution >= 0.6 is 0 Å². The smallest absolute Gasteiger partial charge is 0.254 e. The lowest BCUT2D eigenvalue weighted by Gasteiger charge is -2.29. The fourth-order valence-corrected chi connectivity index (χ4v) is 4.64. The molecule has 4 aromatic rings. The van der Waals surface area contributed by atoms with Gasteiger partial charge in [-0.05, 0) is 40.6 Å². The zero-order valence-corrected chi connectivity index (χ0v) is 18.0. The Morgan fingerprint density at radius 3 is 2.91 bits per heavy atom. The average Bonchev–Trinajstić information content (AvgIpc) is 3.57. The number of aromatic amines is 1. The number of nitrogens with one attached hydrogen (secondary N) is 1.